The average Bonchev–Trinajstić information content (AvgIpc) is 2.81. The molecule has 0 saturated carbocycles. The zero-order valence-corrected chi connectivity index (χ0v) is 21.8. The lowest BCUT2D eigenvalue weighted by Crippen LogP contribution is -2.25. The first-order chi connectivity index (χ1) is 16.7. The van der Waals surface area contributed by atoms with Gasteiger partial charge in [0.1, 0.15) is 17.7 Å². The van der Waals surface area contributed by atoms with Crippen LogP contribution in [0.5, 0.6) is 5.75 Å². The fraction of sp³-hybridized carbons (Fsp3) is 0.455. The first-order valence-corrected chi connectivity index (χ1v) is 12.3. The van der Waals surface area contributed by atoms with Crippen molar-refractivity contribution >= 4 is 43.2 Å². The van der Waals surface area contributed by atoms with Crippen LogP contribution in [0.4, 0.5) is 15.8 Å². The van der Waals surface area contributed by atoms with Gasteiger partial charge < -0.3 is 19.3 Å². The Morgan fingerprint density at radius 1 is 0.857 bits per heavy atom. The minimum atomic E-state index is -0.580. The molecule has 35 heavy (non-hydrogen) atoms. The molecule has 13 heteroatoms. The molecule has 2 saturated heterocycles. The minimum absolute atomic E-state index is 0.0457. The van der Waals surface area contributed by atoms with Gasteiger partial charge in [-0.05, 0) is 62.9 Å². The van der Waals surface area contributed by atoms with Crippen molar-refractivity contribution in [2.45, 2.75) is 37.9 Å². The summed E-state index contributed by atoms with van der Waals surface area (Å²) >= 11 is 6.03. The SMILES string of the molecule is O=[N+]([O-])c1ccc(F)cc1Br.O=[N+]([O-])c1ccc(OC2CCOCC2)cc1Br.OC1CCOCC1. The zero-order chi connectivity index (χ0) is 25.8. The van der Waals surface area contributed by atoms with Crippen LogP contribution in [0.15, 0.2) is 45.3 Å². The van der Waals surface area contributed by atoms with Gasteiger partial charge in [-0.2, -0.15) is 0 Å². The quantitative estimate of drug-likeness (QED) is 0.345. The number of halogens is 3. The van der Waals surface area contributed by atoms with Crippen molar-refractivity contribution in [3.05, 3.63) is 71.4 Å². The molecule has 0 amide bonds. The van der Waals surface area contributed by atoms with Gasteiger partial charge in [-0.25, -0.2) is 4.39 Å². The van der Waals surface area contributed by atoms with Gasteiger partial charge in [-0.1, -0.05) is 0 Å². The van der Waals surface area contributed by atoms with Crippen molar-refractivity contribution in [2.75, 3.05) is 26.4 Å². The van der Waals surface area contributed by atoms with E-state index in [2.05, 4.69) is 31.9 Å². The molecule has 1 N–H and O–H groups in total. The summed E-state index contributed by atoms with van der Waals surface area (Å²) in [5.74, 6) is 0.150. The fourth-order valence-electron chi connectivity index (χ4n) is 3.01. The summed E-state index contributed by atoms with van der Waals surface area (Å²) in [6.07, 6.45) is 3.40. The van der Waals surface area contributed by atoms with Gasteiger partial charge in [-0.3, -0.25) is 20.2 Å². The van der Waals surface area contributed by atoms with E-state index in [4.69, 9.17) is 19.3 Å². The van der Waals surface area contributed by atoms with E-state index in [9.17, 15) is 24.6 Å². The number of hydrogen-bond acceptors (Lipinski definition) is 8. The molecule has 192 valence electrons. The van der Waals surface area contributed by atoms with Crippen LogP contribution in [0.2, 0.25) is 0 Å². The third kappa shape index (κ3) is 10.5. The topological polar surface area (TPSA) is 134 Å². The summed E-state index contributed by atoms with van der Waals surface area (Å²) in [5.41, 5.74) is -0.0873. The second-order valence-corrected chi connectivity index (χ2v) is 9.20. The maximum Gasteiger partial charge on any atom is 0.283 e. The van der Waals surface area contributed by atoms with Crippen LogP contribution in [-0.4, -0.2) is 53.6 Å². The number of nitrogens with zero attached hydrogens (tertiary/aromatic N) is 2. The predicted molar refractivity (Wildman–Crippen MR) is 132 cm³/mol. The molecule has 2 fully saturated rings. The van der Waals surface area contributed by atoms with Gasteiger partial charge in [0.15, 0.2) is 0 Å². The summed E-state index contributed by atoms with van der Waals surface area (Å²) in [5, 5.41) is 29.7. The third-order valence-corrected chi connectivity index (χ3v) is 6.15. The van der Waals surface area contributed by atoms with Crippen molar-refractivity contribution < 1.29 is 33.6 Å². The van der Waals surface area contributed by atoms with Gasteiger partial charge in [0.05, 0.1) is 38.1 Å². The second kappa shape index (κ2) is 15.0. The molecule has 2 aliphatic heterocycles. The van der Waals surface area contributed by atoms with Crippen LogP contribution in [0, 0.1) is 26.0 Å². The molecule has 2 aromatic rings. The van der Waals surface area contributed by atoms with Crippen molar-refractivity contribution in [1.82, 2.24) is 0 Å². The van der Waals surface area contributed by atoms with Gasteiger partial charge in [0, 0.05) is 44.3 Å². The van der Waals surface area contributed by atoms with E-state index in [1.54, 1.807) is 12.1 Å². The summed E-state index contributed by atoms with van der Waals surface area (Å²) < 4.78 is 28.9. The first kappa shape index (κ1) is 29.0. The highest BCUT2D eigenvalue weighted by Crippen LogP contribution is 2.30. The molecule has 0 radical (unpaired) electrons. The molecule has 0 bridgehead atoms. The average molecular weight is 624 g/mol. The Hall–Kier alpha value is -2.19. The number of ether oxygens (including phenoxy) is 3. The van der Waals surface area contributed by atoms with Gasteiger partial charge in [0.25, 0.3) is 11.4 Å². The smallest absolute Gasteiger partial charge is 0.283 e. The van der Waals surface area contributed by atoms with E-state index in [0.717, 1.165) is 57.1 Å². The molecular formula is C22H25Br2FN2O8. The highest BCUT2D eigenvalue weighted by Gasteiger charge is 2.17. The van der Waals surface area contributed by atoms with E-state index in [1.165, 1.54) is 6.07 Å². The third-order valence-electron chi connectivity index (χ3n) is 4.88. The Morgan fingerprint density at radius 2 is 1.34 bits per heavy atom. The summed E-state index contributed by atoms with van der Waals surface area (Å²) in [7, 11) is 0. The zero-order valence-electron chi connectivity index (χ0n) is 18.6. The molecule has 0 atom stereocenters. The molecular weight excluding hydrogens is 599 g/mol. The van der Waals surface area contributed by atoms with Crippen LogP contribution in [0.1, 0.15) is 25.7 Å². The molecule has 0 aromatic heterocycles. The number of rotatable bonds is 4. The van der Waals surface area contributed by atoms with E-state index < -0.39 is 15.7 Å². The summed E-state index contributed by atoms with van der Waals surface area (Å²) in [6.45, 7) is 2.89. The van der Waals surface area contributed by atoms with Gasteiger partial charge >= 0.3 is 0 Å². The Balaban J connectivity index is 0.000000205. The molecule has 2 heterocycles. The first-order valence-electron chi connectivity index (χ1n) is 10.7. The lowest BCUT2D eigenvalue weighted by molar-refractivity contribution is -0.385. The van der Waals surface area contributed by atoms with Crippen LogP contribution < -0.4 is 4.74 Å². The number of aliphatic hydroxyl groups is 1. The number of nitro benzene ring substituents is 2. The molecule has 2 aliphatic rings. The van der Waals surface area contributed by atoms with Crippen LogP contribution in [0.25, 0.3) is 0 Å². The van der Waals surface area contributed by atoms with E-state index >= 15 is 0 Å². The molecule has 0 aliphatic carbocycles. The number of benzene rings is 2. The molecule has 4 rings (SSSR count). The number of aliphatic hydroxyl groups excluding tert-OH is 1. The van der Waals surface area contributed by atoms with Gasteiger partial charge in [-0.15, -0.1) is 0 Å². The second-order valence-electron chi connectivity index (χ2n) is 7.50. The maximum atomic E-state index is 12.4. The van der Waals surface area contributed by atoms with Crippen LogP contribution in [0.3, 0.4) is 0 Å². The van der Waals surface area contributed by atoms with E-state index in [-0.39, 0.29) is 28.1 Å². The van der Waals surface area contributed by atoms with E-state index in [0.29, 0.717) is 23.4 Å². The van der Waals surface area contributed by atoms with E-state index in [1.807, 2.05) is 0 Å². The molecule has 0 spiro atoms. The molecule has 10 nitrogen and oxygen atoms in total. The van der Waals surface area contributed by atoms with Crippen LogP contribution >= 0.6 is 31.9 Å². The summed E-state index contributed by atoms with van der Waals surface area (Å²) in [6, 6.07) is 7.91. The Bertz CT molecular complexity index is 986. The number of hydrogen-bond donors (Lipinski definition) is 1. The van der Waals surface area contributed by atoms with Crippen molar-refractivity contribution in [2.24, 2.45) is 0 Å². The molecule has 2 aromatic carbocycles. The number of nitro groups is 2. The Morgan fingerprint density at radius 3 is 1.77 bits per heavy atom. The lowest BCUT2D eigenvalue weighted by Gasteiger charge is -2.23. The van der Waals surface area contributed by atoms with Gasteiger partial charge in [0.2, 0.25) is 0 Å². The van der Waals surface area contributed by atoms with Crippen molar-refractivity contribution in [3.63, 3.8) is 0 Å². The monoisotopic (exact) mass is 622 g/mol. The van der Waals surface area contributed by atoms with Crippen LogP contribution in [-0.2, 0) is 9.47 Å². The lowest BCUT2D eigenvalue weighted by atomic mass is 10.1. The maximum absolute atomic E-state index is 12.4. The van der Waals surface area contributed by atoms with Crippen molar-refractivity contribution in [1.29, 1.82) is 0 Å². The fourth-order valence-corrected chi connectivity index (χ4v) is 4.01. The highest BCUT2D eigenvalue weighted by molar-refractivity contribution is 9.11. The normalized spacial score (nSPS) is 16.2. The standard InChI is InChI=1S/C11H12BrNO4.C6H3BrFNO2.C5H10O2/c12-10-7-9(1-2-11(10)13(14)15)17-8-3-5-16-6-4-8;7-5-3-4(8)1-2-6(5)9(10)11;6-5-1-3-7-4-2-5/h1-2,7-8H,3-6H2;1-3H;5-6H,1-4H2. The Labute approximate surface area is 217 Å². The Kier molecular flexibility index (Phi) is 12.5. The predicted octanol–water partition coefficient (Wildman–Crippen LogP) is 5.57. The minimum Gasteiger partial charge on any atom is -0.490 e. The highest BCUT2D eigenvalue weighted by atomic mass is 79.9. The van der Waals surface area contributed by atoms with Crippen molar-refractivity contribution in [3.8, 4) is 5.75 Å². The summed E-state index contributed by atoms with van der Waals surface area (Å²) in [4.78, 5) is 19.8. The largest absolute Gasteiger partial charge is 0.490 e. The molecule has 0 unspecified atom stereocenters.